The highest BCUT2D eigenvalue weighted by Crippen LogP contribution is 2.28. The molecule has 0 spiro atoms. The van der Waals surface area contributed by atoms with Gasteiger partial charge in [-0.2, -0.15) is 0 Å². The summed E-state index contributed by atoms with van der Waals surface area (Å²) in [5, 5.41) is 0.819. The van der Waals surface area contributed by atoms with Gasteiger partial charge in [0, 0.05) is 11.8 Å². The molecule has 1 heterocycles. The Morgan fingerprint density at radius 3 is 2.41 bits per heavy atom. The number of hydrogen-bond acceptors (Lipinski definition) is 2. The average molecular weight is 287 g/mol. The first-order chi connectivity index (χ1) is 8.11. The average Bonchev–Trinajstić information content (AvgIpc) is 2.32. The maximum Gasteiger partial charge on any atom is 0.214 e. The Morgan fingerprint density at radius 1 is 1.00 bits per heavy atom. The van der Waals surface area contributed by atoms with Gasteiger partial charge in [-0.1, -0.05) is 40.9 Å². The number of benzene rings is 1. The molecule has 0 atom stereocenters. The highest BCUT2D eigenvalue weighted by atomic mass is 35.5. The number of nitrogens with zero attached hydrogens (tertiary/aromatic N) is 1. The van der Waals surface area contributed by atoms with Crippen molar-refractivity contribution >= 4 is 40.6 Å². The molecule has 86 valence electrons. The second-order valence-electron chi connectivity index (χ2n) is 3.26. The van der Waals surface area contributed by atoms with E-state index in [0.29, 0.717) is 10.6 Å². The normalized spacial score (nSPS) is 10.3. The molecule has 2 rings (SSSR count). The van der Waals surface area contributed by atoms with E-state index in [9.17, 15) is 4.79 Å². The maximum absolute atomic E-state index is 12.2. The van der Waals surface area contributed by atoms with Gasteiger partial charge in [0.1, 0.15) is 5.69 Å². The van der Waals surface area contributed by atoms with Crippen LogP contribution in [0.25, 0.3) is 0 Å². The van der Waals surface area contributed by atoms with Crippen molar-refractivity contribution in [2.24, 2.45) is 0 Å². The Labute approximate surface area is 113 Å². The largest absolute Gasteiger partial charge is 0.287 e. The summed E-state index contributed by atoms with van der Waals surface area (Å²) in [5.41, 5.74) is 0.457. The lowest BCUT2D eigenvalue weighted by molar-refractivity contribution is 0.103. The van der Waals surface area contributed by atoms with E-state index in [0.717, 1.165) is 0 Å². The highest BCUT2D eigenvalue weighted by molar-refractivity contribution is 6.44. The van der Waals surface area contributed by atoms with Crippen LogP contribution in [0.4, 0.5) is 0 Å². The van der Waals surface area contributed by atoms with Crippen LogP contribution in [0.2, 0.25) is 15.1 Å². The standard InChI is InChI=1S/C12H6Cl3NO/c13-8-4-1-3-7(10(8)15)12(17)11-9(14)5-2-6-16-11/h1-6H. The van der Waals surface area contributed by atoms with Crippen LogP contribution in [-0.2, 0) is 0 Å². The van der Waals surface area contributed by atoms with Crippen LogP contribution < -0.4 is 0 Å². The van der Waals surface area contributed by atoms with E-state index >= 15 is 0 Å². The van der Waals surface area contributed by atoms with Crippen molar-refractivity contribution in [2.75, 3.05) is 0 Å². The minimum atomic E-state index is -0.344. The van der Waals surface area contributed by atoms with Crippen LogP contribution in [0.5, 0.6) is 0 Å². The molecule has 0 fully saturated rings. The van der Waals surface area contributed by atoms with Crippen molar-refractivity contribution in [2.45, 2.75) is 0 Å². The van der Waals surface area contributed by atoms with Crippen molar-refractivity contribution in [3.8, 4) is 0 Å². The van der Waals surface area contributed by atoms with Gasteiger partial charge in [0.2, 0.25) is 5.78 Å². The van der Waals surface area contributed by atoms with E-state index in [4.69, 9.17) is 34.8 Å². The van der Waals surface area contributed by atoms with E-state index in [-0.39, 0.29) is 21.5 Å². The van der Waals surface area contributed by atoms with Gasteiger partial charge in [-0.15, -0.1) is 0 Å². The van der Waals surface area contributed by atoms with Crippen molar-refractivity contribution in [1.29, 1.82) is 0 Å². The zero-order valence-electron chi connectivity index (χ0n) is 8.45. The summed E-state index contributed by atoms with van der Waals surface area (Å²) in [6.07, 6.45) is 1.50. The van der Waals surface area contributed by atoms with Gasteiger partial charge in [-0.25, -0.2) is 0 Å². The van der Waals surface area contributed by atoms with Gasteiger partial charge < -0.3 is 0 Å². The lowest BCUT2D eigenvalue weighted by Crippen LogP contribution is -2.05. The molecule has 0 N–H and O–H groups in total. The summed E-state index contributed by atoms with van der Waals surface area (Å²) in [6, 6.07) is 8.10. The second kappa shape index (κ2) is 5.05. The maximum atomic E-state index is 12.2. The number of ketones is 1. The van der Waals surface area contributed by atoms with E-state index in [1.807, 2.05) is 0 Å². The number of pyridine rings is 1. The first kappa shape index (κ1) is 12.4. The lowest BCUT2D eigenvalue weighted by atomic mass is 10.1. The van der Waals surface area contributed by atoms with E-state index in [1.165, 1.54) is 6.20 Å². The SMILES string of the molecule is O=C(c1cccc(Cl)c1Cl)c1ncccc1Cl. The van der Waals surface area contributed by atoms with E-state index in [2.05, 4.69) is 4.98 Å². The third-order valence-corrected chi connectivity index (χ3v) is 3.29. The Balaban J connectivity index is 2.52. The molecule has 0 unspecified atom stereocenters. The number of carbonyl (C=O) groups excluding carboxylic acids is 1. The number of halogens is 3. The van der Waals surface area contributed by atoms with Gasteiger partial charge in [-0.05, 0) is 24.3 Å². The van der Waals surface area contributed by atoms with Gasteiger partial charge in [0.15, 0.2) is 0 Å². The number of hydrogen-bond donors (Lipinski definition) is 0. The Kier molecular flexibility index (Phi) is 3.67. The Hall–Kier alpha value is -1.09. The molecular weight excluding hydrogens is 280 g/mol. The van der Waals surface area contributed by atoms with Crippen molar-refractivity contribution in [1.82, 2.24) is 4.98 Å². The number of carbonyl (C=O) groups is 1. The van der Waals surface area contributed by atoms with Gasteiger partial charge >= 0.3 is 0 Å². The third kappa shape index (κ3) is 2.44. The summed E-state index contributed by atoms with van der Waals surface area (Å²) in [5.74, 6) is -0.344. The summed E-state index contributed by atoms with van der Waals surface area (Å²) in [4.78, 5) is 16.1. The Morgan fingerprint density at radius 2 is 1.71 bits per heavy atom. The third-order valence-electron chi connectivity index (χ3n) is 2.17. The van der Waals surface area contributed by atoms with Crippen molar-refractivity contribution < 1.29 is 4.79 Å². The molecule has 0 aliphatic heterocycles. The molecule has 0 aliphatic carbocycles. The zero-order chi connectivity index (χ0) is 12.4. The van der Waals surface area contributed by atoms with Crippen LogP contribution in [0.1, 0.15) is 16.1 Å². The minimum absolute atomic E-state index is 0.165. The molecule has 0 aliphatic rings. The van der Waals surface area contributed by atoms with Crippen LogP contribution in [-0.4, -0.2) is 10.8 Å². The fourth-order valence-corrected chi connectivity index (χ4v) is 1.95. The minimum Gasteiger partial charge on any atom is -0.287 e. The topological polar surface area (TPSA) is 30.0 Å². The van der Waals surface area contributed by atoms with Gasteiger partial charge in [-0.3, -0.25) is 9.78 Å². The number of rotatable bonds is 2. The molecule has 0 radical (unpaired) electrons. The molecule has 0 amide bonds. The first-order valence-electron chi connectivity index (χ1n) is 4.70. The van der Waals surface area contributed by atoms with Crippen LogP contribution >= 0.6 is 34.8 Å². The molecule has 1 aromatic heterocycles. The molecule has 17 heavy (non-hydrogen) atoms. The zero-order valence-corrected chi connectivity index (χ0v) is 10.7. The molecular formula is C12H6Cl3NO. The predicted octanol–water partition coefficient (Wildman–Crippen LogP) is 4.27. The first-order valence-corrected chi connectivity index (χ1v) is 5.84. The van der Waals surface area contributed by atoms with Crippen LogP contribution in [0, 0.1) is 0 Å². The second-order valence-corrected chi connectivity index (χ2v) is 4.46. The fourth-order valence-electron chi connectivity index (χ4n) is 1.36. The highest BCUT2D eigenvalue weighted by Gasteiger charge is 2.18. The quantitative estimate of drug-likeness (QED) is 0.772. The summed E-state index contributed by atoms with van der Waals surface area (Å²) < 4.78 is 0. The summed E-state index contributed by atoms with van der Waals surface area (Å²) >= 11 is 17.7. The molecule has 5 heteroatoms. The lowest BCUT2D eigenvalue weighted by Gasteiger charge is -2.05. The van der Waals surface area contributed by atoms with E-state index in [1.54, 1.807) is 30.3 Å². The van der Waals surface area contributed by atoms with Crippen LogP contribution in [0.3, 0.4) is 0 Å². The smallest absolute Gasteiger partial charge is 0.214 e. The summed E-state index contributed by atoms with van der Waals surface area (Å²) in [6.45, 7) is 0. The molecule has 0 bridgehead atoms. The molecule has 2 nitrogen and oxygen atoms in total. The monoisotopic (exact) mass is 285 g/mol. The number of aromatic nitrogens is 1. The Bertz CT molecular complexity index is 584. The van der Waals surface area contributed by atoms with E-state index < -0.39 is 0 Å². The van der Waals surface area contributed by atoms with Crippen LogP contribution in [0.15, 0.2) is 36.5 Å². The van der Waals surface area contributed by atoms with Gasteiger partial charge in [0.05, 0.1) is 15.1 Å². The molecule has 2 aromatic rings. The molecule has 0 saturated carbocycles. The molecule has 1 aromatic carbocycles. The predicted molar refractivity (Wildman–Crippen MR) is 69.1 cm³/mol. The fraction of sp³-hybridized carbons (Fsp3) is 0. The van der Waals surface area contributed by atoms with Gasteiger partial charge in [0.25, 0.3) is 0 Å². The van der Waals surface area contributed by atoms with Crippen molar-refractivity contribution in [3.63, 3.8) is 0 Å². The van der Waals surface area contributed by atoms with Crippen molar-refractivity contribution in [3.05, 3.63) is 62.9 Å². The molecule has 0 saturated heterocycles. The summed E-state index contributed by atoms with van der Waals surface area (Å²) in [7, 11) is 0.